The predicted molar refractivity (Wildman–Crippen MR) is 123 cm³/mol. The molecule has 0 radical (unpaired) electrons. The van der Waals surface area contributed by atoms with Crippen molar-refractivity contribution in [1.82, 2.24) is 14.5 Å². The number of carbonyl (C=O) groups excluding carboxylic acids is 1. The summed E-state index contributed by atoms with van der Waals surface area (Å²) in [4.78, 5) is 34.5. The number of rotatable bonds is 11. The Bertz CT molecular complexity index is 1060. The van der Waals surface area contributed by atoms with Crippen LogP contribution in [-0.4, -0.2) is 39.2 Å². The minimum atomic E-state index is -0.140. The summed E-state index contributed by atoms with van der Waals surface area (Å²) in [6.45, 7) is 3.35. The van der Waals surface area contributed by atoms with Crippen LogP contribution in [0.1, 0.15) is 55.9 Å². The Labute approximate surface area is 190 Å². The maximum atomic E-state index is 13.4. The van der Waals surface area contributed by atoms with E-state index < -0.39 is 0 Å². The Morgan fingerprint density at radius 1 is 1.23 bits per heavy atom. The van der Waals surface area contributed by atoms with E-state index in [1.165, 1.54) is 22.2 Å². The van der Waals surface area contributed by atoms with Crippen molar-refractivity contribution in [1.29, 1.82) is 10.5 Å². The molecule has 0 bridgehead atoms. The molecule has 3 rings (SSSR count). The zero-order valence-electron chi connectivity index (χ0n) is 17.9. The third kappa shape index (κ3) is 5.47. The third-order valence-electron chi connectivity index (χ3n) is 5.44. The monoisotopic (exact) mass is 457 g/mol. The first kappa shape index (κ1) is 23.3. The average molecular weight is 458 g/mol. The molecule has 0 saturated carbocycles. The number of unbranched alkanes of at least 4 members (excludes halogenated alkanes) is 2. The number of nitriles is 2. The van der Waals surface area contributed by atoms with E-state index in [1.54, 1.807) is 20.8 Å². The first-order valence-corrected chi connectivity index (χ1v) is 12.6. The van der Waals surface area contributed by atoms with E-state index in [0.29, 0.717) is 24.8 Å². The second-order valence-electron chi connectivity index (χ2n) is 7.58. The van der Waals surface area contributed by atoms with Gasteiger partial charge >= 0.3 is 0 Å². The molecule has 2 aromatic rings. The number of thioether (sulfide) groups is 1. The predicted octanol–water partition coefficient (Wildman–Crippen LogP) is 3.88. The van der Waals surface area contributed by atoms with Crippen LogP contribution in [0.3, 0.4) is 0 Å². The van der Waals surface area contributed by atoms with Crippen LogP contribution >= 0.6 is 23.1 Å². The molecule has 0 aromatic carbocycles. The maximum Gasteiger partial charge on any atom is 0.263 e. The maximum absolute atomic E-state index is 13.4. The molecule has 2 heterocycles. The number of thiophene rings is 1. The average Bonchev–Trinajstić information content (AvgIpc) is 3.35. The van der Waals surface area contributed by atoms with E-state index in [-0.39, 0.29) is 30.1 Å². The Balaban J connectivity index is 1.85. The lowest BCUT2D eigenvalue weighted by Gasteiger charge is -2.20. The Morgan fingerprint density at radius 2 is 1.97 bits per heavy atom. The fourth-order valence-electron chi connectivity index (χ4n) is 3.83. The molecular weight excluding hydrogens is 430 g/mol. The van der Waals surface area contributed by atoms with E-state index in [0.717, 1.165) is 48.7 Å². The van der Waals surface area contributed by atoms with Crippen molar-refractivity contribution in [3.8, 4) is 12.1 Å². The van der Waals surface area contributed by atoms with Gasteiger partial charge in [-0.25, -0.2) is 4.98 Å². The van der Waals surface area contributed by atoms with Crippen LogP contribution < -0.4 is 5.56 Å². The van der Waals surface area contributed by atoms with Crippen molar-refractivity contribution in [2.75, 3.05) is 18.8 Å². The molecule has 9 heteroatoms. The first-order chi connectivity index (χ1) is 15.1. The van der Waals surface area contributed by atoms with Crippen LogP contribution in [0, 0.1) is 22.7 Å². The summed E-state index contributed by atoms with van der Waals surface area (Å²) in [6.07, 6.45) is 6.51. The molecule has 31 heavy (non-hydrogen) atoms. The van der Waals surface area contributed by atoms with Gasteiger partial charge in [0.2, 0.25) is 5.91 Å². The molecule has 0 unspecified atom stereocenters. The highest BCUT2D eigenvalue weighted by molar-refractivity contribution is 7.99. The lowest BCUT2D eigenvalue weighted by Crippen LogP contribution is -2.34. The van der Waals surface area contributed by atoms with Gasteiger partial charge < -0.3 is 4.90 Å². The van der Waals surface area contributed by atoms with Gasteiger partial charge in [0.15, 0.2) is 5.16 Å². The van der Waals surface area contributed by atoms with Crippen LogP contribution in [-0.2, 0) is 24.2 Å². The molecule has 1 amide bonds. The van der Waals surface area contributed by atoms with Gasteiger partial charge in [-0.3, -0.25) is 14.2 Å². The Hall–Kier alpha value is -2.36. The van der Waals surface area contributed by atoms with Gasteiger partial charge in [-0.05, 0) is 31.2 Å². The lowest BCUT2D eigenvalue weighted by molar-refractivity contribution is -0.128. The second kappa shape index (κ2) is 11.3. The summed E-state index contributed by atoms with van der Waals surface area (Å²) in [5.74, 6) is -0.00755. The van der Waals surface area contributed by atoms with Crippen LogP contribution in [0.4, 0.5) is 0 Å². The summed E-state index contributed by atoms with van der Waals surface area (Å²) in [5.41, 5.74) is 1.19. The number of fused-ring (bicyclic) bond motifs is 3. The van der Waals surface area contributed by atoms with Crippen molar-refractivity contribution in [2.45, 2.75) is 70.0 Å². The highest BCUT2D eigenvalue weighted by Gasteiger charge is 2.24. The highest BCUT2D eigenvalue weighted by atomic mass is 32.2. The summed E-state index contributed by atoms with van der Waals surface area (Å²) in [5, 5.41) is 19.0. The van der Waals surface area contributed by atoms with E-state index >= 15 is 0 Å². The minimum Gasteiger partial charge on any atom is -0.340 e. The smallest absolute Gasteiger partial charge is 0.263 e. The van der Waals surface area contributed by atoms with Gasteiger partial charge in [0.25, 0.3) is 5.56 Å². The second-order valence-corrected chi connectivity index (χ2v) is 9.61. The summed E-state index contributed by atoms with van der Waals surface area (Å²) in [6, 6.07) is 4.09. The fraction of sp³-hybridized carbons (Fsp3) is 0.591. The van der Waals surface area contributed by atoms with Gasteiger partial charge in [0.05, 0.1) is 36.1 Å². The number of carbonyl (C=O) groups is 1. The zero-order valence-corrected chi connectivity index (χ0v) is 19.5. The van der Waals surface area contributed by atoms with Gasteiger partial charge in [-0.15, -0.1) is 11.3 Å². The minimum absolute atomic E-state index is 0.0151. The molecular formula is C22H27N5O2S2. The zero-order chi connectivity index (χ0) is 22.2. The lowest BCUT2D eigenvalue weighted by atomic mass is 10.2. The van der Waals surface area contributed by atoms with Crippen LogP contribution in [0.5, 0.6) is 0 Å². The van der Waals surface area contributed by atoms with Crippen LogP contribution in [0.15, 0.2) is 9.95 Å². The molecule has 0 saturated heterocycles. The van der Waals surface area contributed by atoms with Gasteiger partial charge in [-0.1, -0.05) is 31.5 Å². The van der Waals surface area contributed by atoms with Gasteiger partial charge in [-0.2, -0.15) is 10.5 Å². The van der Waals surface area contributed by atoms with E-state index in [1.807, 2.05) is 12.1 Å². The number of nitrogens with zero attached hydrogens (tertiary/aromatic N) is 5. The third-order valence-corrected chi connectivity index (χ3v) is 7.59. The van der Waals surface area contributed by atoms with Crippen molar-refractivity contribution in [2.24, 2.45) is 0 Å². The Kier molecular flexibility index (Phi) is 8.51. The number of hydrogen-bond donors (Lipinski definition) is 0. The molecule has 1 aliphatic rings. The largest absolute Gasteiger partial charge is 0.340 e. The van der Waals surface area contributed by atoms with Crippen LogP contribution in [0.25, 0.3) is 10.2 Å². The van der Waals surface area contributed by atoms with E-state index in [4.69, 9.17) is 15.5 Å². The highest BCUT2D eigenvalue weighted by Crippen LogP contribution is 2.35. The molecule has 0 spiro atoms. The van der Waals surface area contributed by atoms with Gasteiger partial charge in [0.1, 0.15) is 4.83 Å². The topological polar surface area (TPSA) is 103 Å². The number of aryl methyl sites for hydroxylation is 2. The molecule has 2 aromatic heterocycles. The molecule has 0 aliphatic heterocycles. The van der Waals surface area contributed by atoms with Crippen molar-refractivity contribution >= 4 is 39.2 Å². The SMILES string of the molecule is CCCCCn1c(SCC(=O)N(CCC#N)CCC#N)nc2sc3c(c2c1=O)CCC3. The number of hydrogen-bond acceptors (Lipinski definition) is 7. The molecule has 164 valence electrons. The van der Waals surface area contributed by atoms with Crippen molar-refractivity contribution in [3.05, 3.63) is 20.8 Å². The van der Waals surface area contributed by atoms with Crippen molar-refractivity contribution in [3.63, 3.8) is 0 Å². The summed E-state index contributed by atoms with van der Waals surface area (Å²) < 4.78 is 1.75. The molecule has 0 N–H and O–H groups in total. The molecule has 0 atom stereocenters. The number of amides is 1. The quantitative estimate of drug-likeness (QED) is 0.288. The first-order valence-electron chi connectivity index (χ1n) is 10.8. The fourth-order valence-corrected chi connectivity index (χ4v) is 6.06. The Morgan fingerprint density at radius 3 is 2.65 bits per heavy atom. The van der Waals surface area contributed by atoms with E-state index in [9.17, 15) is 9.59 Å². The van der Waals surface area contributed by atoms with E-state index in [2.05, 4.69) is 6.92 Å². The van der Waals surface area contributed by atoms with Crippen LogP contribution in [0.2, 0.25) is 0 Å². The number of aromatic nitrogens is 2. The standard InChI is InChI=1S/C22H27N5O2S2/c1-2-3-4-14-27-21(29)19-16-8-5-9-17(16)31-20(19)25-22(27)30-15-18(28)26(12-6-10-23)13-7-11-24/h2-9,12-15H2,1H3. The normalized spacial score (nSPS) is 12.5. The van der Waals surface area contributed by atoms with Gasteiger partial charge in [0, 0.05) is 24.5 Å². The molecule has 0 fully saturated rings. The van der Waals surface area contributed by atoms with Crippen molar-refractivity contribution < 1.29 is 4.79 Å². The summed E-state index contributed by atoms with van der Waals surface area (Å²) in [7, 11) is 0. The summed E-state index contributed by atoms with van der Waals surface area (Å²) >= 11 is 2.89. The molecule has 7 nitrogen and oxygen atoms in total. The molecule has 1 aliphatic carbocycles.